The van der Waals surface area contributed by atoms with Gasteiger partial charge in [0.25, 0.3) is 0 Å². The highest BCUT2D eigenvalue weighted by Crippen LogP contribution is 2.32. The van der Waals surface area contributed by atoms with E-state index in [0.717, 1.165) is 23.9 Å². The topological polar surface area (TPSA) is 117 Å². The van der Waals surface area contributed by atoms with Crippen molar-refractivity contribution in [3.63, 3.8) is 0 Å². The van der Waals surface area contributed by atoms with E-state index in [1.54, 1.807) is 12.4 Å². The third-order valence-corrected chi connectivity index (χ3v) is 6.31. The number of aromatic nitrogens is 2. The maximum Gasteiger partial charge on any atom is 0.149 e. The molecule has 4 rings (SSSR count). The molecule has 1 aliphatic heterocycles. The molecule has 3 aromatic rings. The predicted molar refractivity (Wildman–Crippen MR) is 138 cm³/mol. The number of rotatable bonds is 8. The fourth-order valence-corrected chi connectivity index (χ4v) is 4.37. The van der Waals surface area contributed by atoms with Gasteiger partial charge in [-0.25, -0.2) is 18.2 Å². The highest BCUT2D eigenvalue weighted by atomic mass is 19.1. The van der Waals surface area contributed by atoms with Crippen LogP contribution in [0.15, 0.2) is 42.7 Å². The molecule has 0 spiro atoms. The van der Waals surface area contributed by atoms with Gasteiger partial charge in [-0.15, -0.1) is 0 Å². The molecular weight excluding hydrogens is 499 g/mol. The second-order valence-electron chi connectivity index (χ2n) is 10.3. The zero-order chi connectivity index (χ0) is 27.6. The lowest BCUT2D eigenvalue weighted by Crippen LogP contribution is -2.55. The summed E-state index contributed by atoms with van der Waals surface area (Å²) < 4.78 is 49.7. The molecule has 1 aromatic carbocycles. The molecule has 1 saturated heterocycles. The van der Waals surface area contributed by atoms with Gasteiger partial charge < -0.3 is 30.9 Å². The lowest BCUT2D eigenvalue weighted by Gasteiger charge is -2.40. The van der Waals surface area contributed by atoms with Gasteiger partial charge in [0.05, 0.1) is 47.1 Å². The fraction of sp³-hybridized carbons (Fsp3) is 0.407. The molecule has 3 atom stereocenters. The Morgan fingerprint density at radius 1 is 1.13 bits per heavy atom. The van der Waals surface area contributed by atoms with Crippen LogP contribution in [-0.4, -0.2) is 57.6 Å². The molecule has 2 aromatic heterocycles. The van der Waals surface area contributed by atoms with Crippen molar-refractivity contribution in [1.82, 2.24) is 9.97 Å². The molecule has 3 heterocycles. The highest BCUT2D eigenvalue weighted by molar-refractivity contribution is 5.69. The SMILES string of the molecule is C[C@H]1CN(c2ccncc2NCc2ccc(F)c(-c3c(F)cc(OCC(C)(C)O)cc3F)n2)C[C@@H](N)[C@@H]1O. The smallest absolute Gasteiger partial charge is 0.149 e. The zero-order valence-electron chi connectivity index (χ0n) is 21.5. The van der Waals surface area contributed by atoms with E-state index in [2.05, 4.69) is 20.2 Å². The molecule has 5 N–H and O–H groups in total. The quantitative estimate of drug-likeness (QED) is 0.349. The second-order valence-corrected chi connectivity index (χ2v) is 10.3. The van der Waals surface area contributed by atoms with Crippen molar-refractivity contribution >= 4 is 11.4 Å². The molecule has 0 saturated carbocycles. The number of aliphatic hydroxyl groups is 2. The summed E-state index contributed by atoms with van der Waals surface area (Å²) in [5.74, 6) is -3.13. The molecule has 38 heavy (non-hydrogen) atoms. The first-order valence-corrected chi connectivity index (χ1v) is 12.3. The number of anilines is 2. The molecule has 8 nitrogen and oxygen atoms in total. The van der Waals surface area contributed by atoms with Crippen molar-refractivity contribution in [2.24, 2.45) is 11.7 Å². The second kappa shape index (κ2) is 11.1. The van der Waals surface area contributed by atoms with Gasteiger partial charge in [-0.1, -0.05) is 6.92 Å². The van der Waals surface area contributed by atoms with Crippen molar-refractivity contribution < 1.29 is 28.1 Å². The monoisotopic (exact) mass is 531 g/mol. The summed E-state index contributed by atoms with van der Waals surface area (Å²) in [5, 5.41) is 23.2. The van der Waals surface area contributed by atoms with Crippen molar-refractivity contribution in [1.29, 1.82) is 0 Å². The minimum absolute atomic E-state index is 0.0298. The molecule has 0 amide bonds. The van der Waals surface area contributed by atoms with Crippen LogP contribution in [0.25, 0.3) is 11.3 Å². The average Bonchev–Trinajstić information content (AvgIpc) is 2.85. The maximum absolute atomic E-state index is 14.9. The Kier molecular flexibility index (Phi) is 8.10. The molecular formula is C27H32F3N5O3. The summed E-state index contributed by atoms with van der Waals surface area (Å²) >= 11 is 0. The first-order valence-electron chi connectivity index (χ1n) is 12.3. The number of nitrogens with two attached hydrogens (primary N) is 1. The van der Waals surface area contributed by atoms with E-state index in [1.807, 2.05) is 13.0 Å². The zero-order valence-corrected chi connectivity index (χ0v) is 21.5. The van der Waals surface area contributed by atoms with E-state index >= 15 is 0 Å². The van der Waals surface area contributed by atoms with Gasteiger partial charge in [0.2, 0.25) is 0 Å². The number of aliphatic hydroxyl groups excluding tert-OH is 1. The van der Waals surface area contributed by atoms with E-state index in [9.17, 15) is 23.4 Å². The van der Waals surface area contributed by atoms with Gasteiger partial charge in [0.1, 0.15) is 35.5 Å². The molecule has 1 fully saturated rings. The third-order valence-electron chi connectivity index (χ3n) is 6.31. The van der Waals surface area contributed by atoms with Gasteiger partial charge in [-0.3, -0.25) is 4.98 Å². The number of pyridine rings is 2. The van der Waals surface area contributed by atoms with Crippen LogP contribution in [0.3, 0.4) is 0 Å². The Morgan fingerprint density at radius 3 is 2.50 bits per heavy atom. The number of ether oxygens (including phenoxy) is 1. The Balaban J connectivity index is 1.54. The van der Waals surface area contributed by atoms with E-state index in [4.69, 9.17) is 10.5 Å². The molecule has 204 valence electrons. The molecule has 0 radical (unpaired) electrons. The van der Waals surface area contributed by atoms with Crippen LogP contribution in [0.5, 0.6) is 5.75 Å². The summed E-state index contributed by atoms with van der Waals surface area (Å²) in [4.78, 5) is 10.4. The van der Waals surface area contributed by atoms with Gasteiger partial charge in [0.15, 0.2) is 0 Å². The van der Waals surface area contributed by atoms with Crippen LogP contribution in [0.2, 0.25) is 0 Å². The number of hydrogen-bond donors (Lipinski definition) is 4. The van der Waals surface area contributed by atoms with E-state index < -0.39 is 46.5 Å². The summed E-state index contributed by atoms with van der Waals surface area (Å²) in [6, 6.07) is 5.81. The lowest BCUT2D eigenvalue weighted by molar-refractivity contribution is 0.0282. The number of hydrogen-bond acceptors (Lipinski definition) is 8. The molecule has 0 aliphatic carbocycles. The first kappa shape index (κ1) is 27.6. The Hall–Kier alpha value is -3.41. The van der Waals surface area contributed by atoms with Crippen LogP contribution in [0.1, 0.15) is 26.5 Å². The first-order chi connectivity index (χ1) is 17.9. The van der Waals surface area contributed by atoms with Crippen molar-refractivity contribution in [3.05, 3.63) is 65.9 Å². The number of piperidine rings is 1. The largest absolute Gasteiger partial charge is 0.490 e. The number of benzene rings is 1. The minimum Gasteiger partial charge on any atom is -0.490 e. The van der Waals surface area contributed by atoms with Gasteiger partial charge in [0, 0.05) is 43.4 Å². The van der Waals surface area contributed by atoms with Crippen LogP contribution in [-0.2, 0) is 6.54 Å². The Bertz CT molecular complexity index is 1250. The van der Waals surface area contributed by atoms with Gasteiger partial charge in [-0.2, -0.15) is 0 Å². The molecule has 1 aliphatic rings. The predicted octanol–water partition coefficient (Wildman–Crippen LogP) is 3.47. The van der Waals surface area contributed by atoms with Crippen LogP contribution < -0.4 is 20.7 Å². The lowest BCUT2D eigenvalue weighted by atomic mass is 9.92. The molecule has 11 heteroatoms. The number of nitrogens with one attached hydrogen (secondary N) is 1. The van der Waals surface area contributed by atoms with E-state index in [0.29, 0.717) is 24.5 Å². The fourth-order valence-electron chi connectivity index (χ4n) is 4.37. The minimum atomic E-state index is -1.20. The summed E-state index contributed by atoms with van der Waals surface area (Å²) in [5.41, 5.74) is 5.67. The van der Waals surface area contributed by atoms with Crippen molar-refractivity contribution in [2.75, 3.05) is 29.9 Å². The van der Waals surface area contributed by atoms with Gasteiger partial charge >= 0.3 is 0 Å². The summed E-state index contributed by atoms with van der Waals surface area (Å²) in [7, 11) is 0. The Morgan fingerprint density at radius 2 is 1.84 bits per heavy atom. The van der Waals surface area contributed by atoms with Gasteiger partial charge in [-0.05, 0) is 32.0 Å². The highest BCUT2D eigenvalue weighted by Gasteiger charge is 2.31. The van der Waals surface area contributed by atoms with E-state index in [1.165, 1.54) is 19.9 Å². The van der Waals surface area contributed by atoms with Crippen LogP contribution in [0, 0.1) is 23.4 Å². The molecule has 0 bridgehead atoms. The molecule has 0 unspecified atom stereocenters. The summed E-state index contributed by atoms with van der Waals surface area (Å²) in [6.07, 6.45) is 2.69. The number of halogens is 3. The van der Waals surface area contributed by atoms with Crippen LogP contribution in [0.4, 0.5) is 24.5 Å². The van der Waals surface area contributed by atoms with Crippen LogP contribution >= 0.6 is 0 Å². The summed E-state index contributed by atoms with van der Waals surface area (Å²) in [6.45, 7) is 5.91. The number of nitrogens with zero attached hydrogens (tertiary/aromatic N) is 3. The standard InChI is InChI=1S/C27H32F3N5O3/c1-15-12-35(13-21(31)26(15)36)23-6-7-32-11-22(23)33-10-16-4-5-18(28)25(34-16)24-19(29)8-17(9-20(24)30)38-14-27(2,3)37/h4-9,11,15,21,26,33,36-37H,10,12-14,31H2,1-3H3/t15-,21+,26+/m0/s1. The van der Waals surface area contributed by atoms with E-state index in [-0.39, 0.29) is 24.8 Å². The third kappa shape index (κ3) is 6.35. The average molecular weight is 532 g/mol. The van der Waals surface area contributed by atoms with Crippen molar-refractivity contribution in [2.45, 2.75) is 45.1 Å². The normalized spacial score (nSPS) is 19.9. The van der Waals surface area contributed by atoms with Crippen molar-refractivity contribution in [3.8, 4) is 17.0 Å². The maximum atomic E-state index is 14.9. The Labute approximate surface area is 219 Å².